The van der Waals surface area contributed by atoms with Gasteiger partial charge in [0.1, 0.15) is 5.82 Å². The van der Waals surface area contributed by atoms with Crippen molar-refractivity contribution >= 4 is 17.3 Å². The summed E-state index contributed by atoms with van der Waals surface area (Å²) in [5.41, 5.74) is 6.61. The van der Waals surface area contributed by atoms with Crippen molar-refractivity contribution in [3.05, 3.63) is 28.5 Å². The third-order valence-corrected chi connectivity index (χ3v) is 2.46. The third-order valence-electron chi connectivity index (χ3n) is 2.13. The maximum Gasteiger partial charge on any atom is 0.147 e. The van der Waals surface area contributed by atoms with Gasteiger partial charge in [-0.25, -0.2) is 4.39 Å². The number of nitrogens with two attached hydrogens (primary N) is 1. The molecule has 1 saturated carbocycles. The molecule has 1 aromatic carbocycles. The summed E-state index contributed by atoms with van der Waals surface area (Å²) >= 11 is 5.84. The van der Waals surface area contributed by atoms with E-state index in [1.54, 1.807) is 6.07 Å². The van der Waals surface area contributed by atoms with Crippen LogP contribution in [-0.2, 0) is 0 Å². The molecule has 0 saturated heterocycles. The van der Waals surface area contributed by atoms with Crippen LogP contribution in [0.15, 0.2) is 12.1 Å². The molecule has 0 bridgehead atoms. The average molecular weight is 186 g/mol. The summed E-state index contributed by atoms with van der Waals surface area (Å²) < 4.78 is 12.8. The summed E-state index contributed by atoms with van der Waals surface area (Å²) in [6.07, 6.45) is 2.29. The molecular weight excluding hydrogens is 177 g/mol. The average Bonchev–Trinajstić information content (AvgIpc) is 2.79. The molecule has 0 atom stereocenters. The molecule has 1 aliphatic rings. The zero-order chi connectivity index (χ0) is 8.72. The molecule has 0 heterocycles. The van der Waals surface area contributed by atoms with Gasteiger partial charge in [-0.15, -0.1) is 0 Å². The molecular formula is C9H9ClFN. The molecule has 2 N–H and O–H groups in total. The first-order valence-corrected chi connectivity index (χ1v) is 4.30. The monoisotopic (exact) mass is 185 g/mol. The Morgan fingerprint density at radius 3 is 2.67 bits per heavy atom. The summed E-state index contributed by atoms with van der Waals surface area (Å²) in [6, 6.07) is 2.94. The number of halogens is 2. The fourth-order valence-electron chi connectivity index (χ4n) is 1.29. The van der Waals surface area contributed by atoms with E-state index in [0.717, 1.165) is 18.4 Å². The number of hydrogen-bond donors (Lipinski definition) is 1. The van der Waals surface area contributed by atoms with E-state index in [0.29, 0.717) is 10.9 Å². The quantitative estimate of drug-likeness (QED) is 0.669. The van der Waals surface area contributed by atoms with E-state index >= 15 is 0 Å². The van der Waals surface area contributed by atoms with Crippen molar-refractivity contribution < 1.29 is 4.39 Å². The predicted molar refractivity (Wildman–Crippen MR) is 47.8 cm³/mol. The second-order valence-corrected chi connectivity index (χ2v) is 3.58. The van der Waals surface area contributed by atoms with Gasteiger partial charge in [0, 0.05) is 5.02 Å². The number of anilines is 1. The molecule has 0 aliphatic heterocycles. The first kappa shape index (κ1) is 7.87. The lowest BCUT2D eigenvalue weighted by atomic mass is 10.1. The molecule has 3 heteroatoms. The van der Waals surface area contributed by atoms with Gasteiger partial charge in [0.2, 0.25) is 0 Å². The van der Waals surface area contributed by atoms with Crippen molar-refractivity contribution in [2.45, 2.75) is 18.8 Å². The Hall–Kier alpha value is -0.760. The lowest BCUT2D eigenvalue weighted by Crippen LogP contribution is -1.93. The fourth-order valence-corrected chi connectivity index (χ4v) is 1.60. The Balaban J connectivity index is 2.47. The Morgan fingerprint density at radius 2 is 2.08 bits per heavy atom. The van der Waals surface area contributed by atoms with Gasteiger partial charge in [-0.3, -0.25) is 0 Å². The Labute approximate surface area is 75.3 Å². The van der Waals surface area contributed by atoms with Gasteiger partial charge < -0.3 is 5.73 Å². The Kier molecular flexibility index (Phi) is 1.72. The smallest absolute Gasteiger partial charge is 0.147 e. The Morgan fingerprint density at radius 1 is 1.42 bits per heavy atom. The van der Waals surface area contributed by atoms with Crippen LogP contribution in [0.3, 0.4) is 0 Å². The lowest BCUT2D eigenvalue weighted by molar-refractivity contribution is 0.632. The van der Waals surface area contributed by atoms with Gasteiger partial charge in [0.05, 0.1) is 5.69 Å². The zero-order valence-corrected chi connectivity index (χ0v) is 7.24. The van der Waals surface area contributed by atoms with E-state index in [-0.39, 0.29) is 5.69 Å². The van der Waals surface area contributed by atoms with Gasteiger partial charge >= 0.3 is 0 Å². The van der Waals surface area contributed by atoms with Gasteiger partial charge in [-0.1, -0.05) is 11.6 Å². The predicted octanol–water partition coefficient (Wildman–Crippen LogP) is 2.94. The highest BCUT2D eigenvalue weighted by molar-refractivity contribution is 6.31. The summed E-state index contributed by atoms with van der Waals surface area (Å²) in [5.74, 6) is 0.0878. The van der Waals surface area contributed by atoms with E-state index in [2.05, 4.69) is 0 Å². The fraction of sp³-hybridized carbons (Fsp3) is 0.333. The molecule has 0 spiro atoms. The van der Waals surface area contributed by atoms with Crippen LogP contribution < -0.4 is 5.73 Å². The Bertz CT molecular complexity index is 321. The molecule has 0 amide bonds. The summed E-state index contributed by atoms with van der Waals surface area (Å²) in [4.78, 5) is 0. The first-order chi connectivity index (χ1) is 5.68. The molecule has 12 heavy (non-hydrogen) atoms. The van der Waals surface area contributed by atoms with Crippen LogP contribution in [0.4, 0.5) is 10.1 Å². The largest absolute Gasteiger partial charge is 0.396 e. The van der Waals surface area contributed by atoms with E-state index < -0.39 is 5.82 Å². The van der Waals surface area contributed by atoms with Crippen LogP contribution in [0, 0.1) is 5.82 Å². The first-order valence-electron chi connectivity index (χ1n) is 3.93. The molecule has 0 radical (unpaired) electrons. The van der Waals surface area contributed by atoms with E-state index in [9.17, 15) is 4.39 Å². The van der Waals surface area contributed by atoms with Crippen molar-refractivity contribution in [3.63, 3.8) is 0 Å². The molecule has 0 aromatic heterocycles. The summed E-state index contributed by atoms with van der Waals surface area (Å²) in [6.45, 7) is 0. The van der Waals surface area contributed by atoms with E-state index in [1.165, 1.54) is 6.07 Å². The summed E-state index contributed by atoms with van der Waals surface area (Å²) in [7, 11) is 0. The minimum Gasteiger partial charge on any atom is -0.396 e. The normalized spacial score (nSPS) is 16.5. The SMILES string of the molecule is Nc1cc(C2CC2)c(Cl)cc1F. The van der Waals surface area contributed by atoms with Gasteiger partial charge in [-0.05, 0) is 36.5 Å². The van der Waals surface area contributed by atoms with Crippen LogP contribution >= 0.6 is 11.6 Å². The maximum atomic E-state index is 12.8. The number of hydrogen-bond acceptors (Lipinski definition) is 1. The minimum atomic E-state index is -0.426. The highest BCUT2D eigenvalue weighted by atomic mass is 35.5. The second kappa shape index (κ2) is 2.63. The zero-order valence-electron chi connectivity index (χ0n) is 6.48. The number of nitrogen functional groups attached to an aromatic ring is 1. The molecule has 1 fully saturated rings. The van der Waals surface area contributed by atoms with Crippen molar-refractivity contribution in [2.24, 2.45) is 0 Å². The van der Waals surface area contributed by atoms with Crippen LogP contribution in [0.5, 0.6) is 0 Å². The standard InChI is InChI=1S/C9H9ClFN/c10-7-4-8(11)9(12)3-6(7)5-1-2-5/h3-5H,1-2,12H2. The van der Waals surface area contributed by atoms with E-state index in [1.807, 2.05) is 0 Å². The molecule has 0 unspecified atom stereocenters. The maximum absolute atomic E-state index is 12.8. The third kappa shape index (κ3) is 1.27. The number of benzene rings is 1. The van der Waals surface area contributed by atoms with Gasteiger partial charge in [-0.2, -0.15) is 0 Å². The molecule has 2 rings (SSSR count). The van der Waals surface area contributed by atoms with Crippen LogP contribution in [0.2, 0.25) is 5.02 Å². The van der Waals surface area contributed by atoms with Gasteiger partial charge in [0.25, 0.3) is 0 Å². The number of rotatable bonds is 1. The summed E-state index contributed by atoms with van der Waals surface area (Å²) in [5, 5.41) is 0.504. The minimum absolute atomic E-state index is 0.196. The van der Waals surface area contributed by atoms with Crippen LogP contribution in [-0.4, -0.2) is 0 Å². The molecule has 1 aromatic rings. The highest BCUT2D eigenvalue weighted by Gasteiger charge is 2.26. The molecule has 1 aliphatic carbocycles. The lowest BCUT2D eigenvalue weighted by Gasteiger charge is -2.04. The van der Waals surface area contributed by atoms with Crippen molar-refractivity contribution in [2.75, 3.05) is 5.73 Å². The van der Waals surface area contributed by atoms with E-state index in [4.69, 9.17) is 17.3 Å². The van der Waals surface area contributed by atoms with Gasteiger partial charge in [0.15, 0.2) is 0 Å². The molecule has 1 nitrogen and oxygen atoms in total. The topological polar surface area (TPSA) is 26.0 Å². The van der Waals surface area contributed by atoms with Crippen LogP contribution in [0.1, 0.15) is 24.3 Å². The second-order valence-electron chi connectivity index (χ2n) is 3.17. The van der Waals surface area contributed by atoms with Crippen LogP contribution in [0.25, 0.3) is 0 Å². The van der Waals surface area contributed by atoms with Crippen molar-refractivity contribution in [1.29, 1.82) is 0 Å². The van der Waals surface area contributed by atoms with Crippen molar-refractivity contribution in [3.8, 4) is 0 Å². The van der Waals surface area contributed by atoms with Crippen molar-refractivity contribution in [1.82, 2.24) is 0 Å². The highest BCUT2D eigenvalue weighted by Crippen LogP contribution is 2.44. The molecule has 64 valence electrons.